The number of rotatable bonds is 8. The number of nitrogens with zero attached hydrogens (tertiary/aromatic N) is 1. The Morgan fingerprint density at radius 1 is 1.03 bits per heavy atom. The zero-order chi connectivity index (χ0) is 22.8. The number of carbonyl (C=O) groups excluding carboxylic acids is 3. The van der Waals surface area contributed by atoms with Crippen LogP contribution >= 0.6 is 0 Å². The van der Waals surface area contributed by atoms with E-state index in [4.69, 9.17) is 4.74 Å². The lowest BCUT2D eigenvalue weighted by Crippen LogP contribution is -2.47. The van der Waals surface area contributed by atoms with E-state index in [1.807, 2.05) is 44.2 Å². The highest BCUT2D eigenvalue weighted by Crippen LogP contribution is 2.19. The topological polar surface area (TPSA) is 97.0 Å². The number of anilines is 2. The fraction of sp³-hybridized carbons (Fsp3) is 0.348. The summed E-state index contributed by atoms with van der Waals surface area (Å²) < 4.78 is 9.93. The molecule has 31 heavy (non-hydrogen) atoms. The quantitative estimate of drug-likeness (QED) is 0.659. The largest absolute Gasteiger partial charge is 0.452 e. The number of alkyl carbamates (subject to hydrolysis) is 1. The van der Waals surface area contributed by atoms with Gasteiger partial charge in [-0.3, -0.25) is 9.69 Å². The third-order valence-electron chi connectivity index (χ3n) is 4.95. The minimum atomic E-state index is -0.759. The van der Waals surface area contributed by atoms with Gasteiger partial charge in [-0.2, -0.15) is 0 Å². The highest BCUT2D eigenvalue weighted by Gasteiger charge is 2.26. The molecule has 0 aliphatic carbocycles. The molecule has 166 valence electrons. The van der Waals surface area contributed by atoms with Crippen LogP contribution in [-0.4, -0.2) is 38.3 Å². The van der Waals surface area contributed by atoms with E-state index in [0.29, 0.717) is 17.8 Å². The predicted octanol–water partition coefficient (Wildman–Crippen LogP) is 4.17. The lowest BCUT2D eigenvalue weighted by atomic mass is 9.98. The second kappa shape index (κ2) is 11.6. The molecule has 0 fully saturated rings. The number of ether oxygens (including phenoxy) is 2. The van der Waals surface area contributed by atoms with Gasteiger partial charge in [0.25, 0.3) is 0 Å². The highest BCUT2D eigenvalue weighted by molar-refractivity contribution is 5.97. The highest BCUT2D eigenvalue weighted by atomic mass is 16.5. The molecule has 2 aromatic carbocycles. The Kier molecular flexibility index (Phi) is 8.87. The average molecular weight is 428 g/mol. The molecule has 0 aliphatic heterocycles. The fourth-order valence-corrected chi connectivity index (χ4v) is 2.82. The van der Waals surface area contributed by atoms with E-state index in [1.54, 1.807) is 31.3 Å². The monoisotopic (exact) mass is 427 g/mol. The summed E-state index contributed by atoms with van der Waals surface area (Å²) in [5.41, 5.74) is 2.02. The van der Waals surface area contributed by atoms with Crippen molar-refractivity contribution in [2.45, 2.75) is 32.9 Å². The first-order valence-electron chi connectivity index (χ1n) is 10.1. The Balaban J connectivity index is 1.99. The van der Waals surface area contributed by atoms with Gasteiger partial charge < -0.3 is 20.1 Å². The molecule has 0 heterocycles. The molecule has 0 radical (unpaired) electrons. The van der Waals surface area contributed by atoms with E-state index in [0.717, 1.165) is 5.56 Å². The summed E-state index contributed by atoms with van der Waals surface area (Å²) in [7, 11) is 2.89. The number of carbonyl (C=O) groups is 3. The fourth-order valence-electron chi connectivity index (χ4n) is 2.82. The molecular weight excluding hydrogens is 398 g/mol. The van der Waals surface area contributed by atoms with Gasteiger partial charge in [-0.05, 0) is 35.7 Å². The number of benzene rings is 2. The molecule has 8 heteroatoms. The maximum absolute atomic E-state index is 12.8. The van der Waals surface area contributed by atoms with Gasteiger partial charge in [0.05, 0.1) is 7.11 Å². The Morgan fingerprint density at radius 3 is 2.26 bits per heavy atom. The molecule has 2 N–H and O–H groups in total. The van der Waals surface area contributed by atoms with E-state index in [-0.39, 0.29) is 18.4 Å². The third-order valence-corrected chi connectivity index (χ3v) is 4.95. The van der Waals surface area contributed by atoms with Crippen molar-refractivity contribution in [2.24, 2.45) is 5.92 Å². The van der Waals surface area contributed by atoms with Gasteiger partial charge >= 0.3 is 12.2 Å². The summed E-state index contributed by atoms with van der Waals surface area (Å²) in [6.45, 7) is 3.95. The lowest BCUT2D eigenvalue weighted by molar-refractivity contribution is -0.119. The van der Waals surface area contributed by atoms with Crippen molar-refractivity contribution in [3.63, 3.8) is 0 Å². The number of methoxy groups -OCH3 is 1. The normalized spacial score (nSPS) is 12.3. The van der Waals surface area contributed by atoms with E-state index in [9.17, 15) is 14.4 Å². The van der Waals surface area contributed by atoms with Crippen LogP contribution in [0.3, 0.4) is 0 Å². The standard InChI is InChI=1S/C23H29N3O5/c1-5-16(2)20(25-22(28)31-15-17-9-7-6-8-10-17)21(27)24-18-11-13-19(14-12-18)26(3)23(29)30-4/h6-14,16,20H,5,15H2,1-4H3,(H,24,27)(H,25,28)/t16-,20-/m0/s1. The summed E-state index contributed by atoms with van der Waals surface area (Å²) in [5.74, 6) is -0.450. The van der Waals surface area contributed by atoms with Crippen LogP contribution in [0.4, 0.5) is 21.0 Å². The molecule has 0 spiro atoms. The second-order valence-electron chi connectivity index (χ2n) is 7.13. The van der Waals surface area contributed by atoms with Crippen LogP contribution in [0.2, 0.25) is 0 Å². The molecular formula is C23H29N3O5. The molecule has 0 aromatic heterocycles. The summed E-state index contributed by atoms with van der Waals surface area (Å²) in [5, 5.41) is 5.47. The molecule has 3 amide bonds. The first-order chi connectivity index (χ1) is 14.8. The molecule has 0 saturated carbocycles. The summed E-state index contributed by atoms with van der Waals surface area (Å²) in [6.07, 6.45) is -0.453. The Labute approximate surface area is 182 Å². The van der Waals surface area contributed by atoms with Crippen LogP contribution < -0.4 is 15.5 Å². The van der Waals surface area contributed by atoms with Gasteiger partial charge in [0, 0.05) is 18.4 Å². The van der Waals surface area contributed by atoms with Gasteiger partial charge in [-0.25, -0.2) is 9.59 Å². The molecule has 0 unspecified atom stereocenters. The SMILES string of the molecule is CC[C@H](C)[C@H](NC(=O)OCc1ccccc1)C(=O)Nc1ccc(N(C)C(=O)OC)cc1. The van der Waals surface area contributed by atoms with Crippen LogP contribution in [0, 0.1) is 5.92 Å². The van der Waals surface area contributed by atoms with Crippen molar-refractivity contribution in [1.29, 1.82) is 0 Å². The van der Waals surface area contributed by atoms with E-state index >= 15 is 0 Å². The van der Waals surface area contributed by atoms with Crippen LogP contribution in [0.15, 0.2) is 54.6 Å². The van der Waals surface area contributed by atoms with Crippen LogP contribution in [0.1, 0.15) is 25.8 Å². The van der Waals surface area contributed by atoms with Crippen molar-refractivity contribution in [3.05, 3.63) is 60.2 Å². The van der Waals surface area contributed by atoms with Gasteiger partial charge in [0.1, 0.15) is 12.6 Å². The van der Waals surface area contributed by atoms with Crippen molar-refractivity contribution < 1.29 is 23.9 Å². The maximum Gasteiger partial charge on any atom is 0.413 e. The molecule has 8 nitrogen and oxygen atoms in total. The second-order valence-corrected chi connectivity index (χ2v) is 7.13. The zero-order valence-electron chi connectivity index (χ0n) is 18.3. The zero-order valence-corrected chi connectivity index (χ0v) is 18.3. The molecule has 2 atom stereocenters. The van der Waals surface area contributed by atoms with Crippen molar-refractivity contribution >= 4 is 29.5 Å². The molecule has 0 saturated heterocycles. The molecule has 0 bridgehead atoms. The van der Waals surface area contributed by atoms with Gasteiger partial charge in [0.15, 0.2) is 0 Å². The number of hydrogen-bond acceptors (Lipinski definition) is 5. The Morgan fingerprint density at radius 2 is 1.68 bits per heavy atom. The van der Waals surface area contributed by atoms with Crippen LogP contribution in [0.5, 0.6) is 0 Å². The van der Waals surface area contributed by atoms with Crippen molar-refractivity contribution in [2.75, 3.05) is 24.4 Å². The lowest BCUT2D eigenvalue weighted by Gasteiger charge is -2.23. The Hall–Kier alpha value is -3.55. The summed E-state index contributed by atoms with van der Waals surface area (Å²) in [4.78, 5) is 38.0. The van der Waals surface area contributed by atoms with Crippen LogP contribution in [-0.2, 0) is 20.9 Å². The molecule has 2 rings (SSSR count). The van der Waals surface area contributed by atoms with E-state index < -0.39 is 18.2 Å². The third kappa shape index (κ3) is 7.02. The first kappa shape index (κ1) is 23.7. The van der Waals surface area contributed by atoms with Gasteiger partial charge in [-0.1, -0.05) is 50.6 Å². The van der Waals surface area contributed by atoms with Crippen LogP contribution in [0.25, 0.3) is 0 Å². The first-order valence-corrected chi connectivity index (χ1v) is 10.1. The van der Waals surface area contributed by atoms with E-state index in [2.05, 4.69) is 15.4 Å². The van der Waals surface area contributed by atoms with Gasteiger partial charge in [-0.15, -0.1) is 0 Å². The van der Waals surface area contributed by atoms with E-state index in [1.165, 1.54) is 12.0 Å². The number of amides is 3. The molecule has 0 aliphatic rings. The average Bonchev–Trinajstić information content (AvgIpc) is 2.80. The Bertz CT molecular complexity index is 871. The maximum atomic E-state index is 12.8. The minimum Gasteiger partial charge on any atom is -0.452 e. The smallest absolute Gasteiger partial charge is 0.413 e. The summed E-state index contributed by atoms with van der Waals surface area (Å²) >= 11 is 0. The summed E-state index contributed by atoms with van der Waals surface area (Å²) in [6, 6.07) is 15.3. The van der Waals surface area contributed by atoms with Crippen molar-refractivity contribution in [1.82, 2.24) is 5.32 Å². The minimum absolute atomic E-state index is 0.103. The number of hydrogen-bond donors (Lipinski definition) is 2. The van der Waals surface area contributed by atoms with Crippen molar-refractivity contribution in [3.8, 4) is 0 Å². The predicted molar refractivity (Wildman–Crippen MR) is 119 cm³/mol. The molecule has 2 aromatic rings. The van der Waals surface area contributed by atoms with Gasteiger partial charge in [0.2, 0.25) is 5.91 Å². The number of nitrogens with one attached hydrogen (secondary N) is 2.